The van der Waals surface area contributed by atoms with Gasteiger partial charge in [0.1, 0.15) is 0 Å². The number of aryl methyl sites for hydroxylation is 1. The summed E-state index contributed by atoms with van der Waals surface area (Å²) in [6.45, 7) is 3.08. The highest BCUT2D eigenvalue weighted by Gasteiger charge is 2.04. The molecule has 0 aliphatic carbocycles. The van der Waals surface area contributed by atoms with E-state index in [4.69, 9.17) is 5.73 Å². The predicted octanol–water partition coefficient (Wildman–Crippen LogP) is 3.26. The number of para-hydroxylation sites is 2. The van der Waals surface area contributed by atoms with Crippen molar-refractivity contribution in [3.63, 3.8) is 0 Å². The fraction of sp³-hybridized carbons (Fsp3) is 0.250. The molecule has 2 N–H and O–H groups in total. The van der Waals surface area contributed by atoms with E-state index in [0.717, 1.165) is 24.3 Å². The van der Waals surface area contributed by atoms with Crippen LogP contribution in [0.5, 0.6) is 0 Å². The number of hydrogen-bond donors (Lipinski definition) is 1. The van der Waals surface area contributed by atoms with E-state index in [1.807, 2.05) is 18.2 Å². The monoisotopic (exact) mass is 240 g/mol. The molecule has 2 rings (SSSR count). The Hall–Kier alpha value is -1.96. The van der Waals surface area contributed by atoms with Crippen LogP contribution in [-0.2, 0) is 6.42 Å². The quantitative estimate of drug-likeness (QED) is 0.831. The van der Waals surface area contributed by atoms with Gasteiger partial charge in [-0.25, -0.2) is 0 Å². The van der Waals surface area contributed by atoms with Crippen LogP contribution in [0.3, 0.4) is 0 Å². The van der Waals surface area contributed by atoms with Crippen molar-refractivity contribution >= 4 is 11.4 Å². The summed E-state index contributed by atoms with van der Waals surface area (Å²) in [7, 11) is 2.08. The second-order valence-electron chi connectivity index (χ2n) is 4.72. The van der Waals surface area contributed by atoms with Gasteiger partial charge in [0.25, 0.3) is 0 Å². The molecular formula is C16H20N2. The number of likely N-dealkylation sites (N-methyl/N-ethyl adjacent to an activating group) is 1. The van der Waals surface area contributed by atoms with E-state index < -0.39 is 0 Å². The van der Waals surface area contributed by atoms with Gasteiger partial charge in [-0.3, -0.25) is 0 Å². The van der Waals surface area contributed by atoms with E-state index in [2.05, 4.69) is 49.2 Å². The molecule has 94 valence electrons. The first-order chi connectivity index (χ1) is 8.66. The molecule has 18 heavy (non-hydrogen) atoms. The van der Waals surface area contributed by atoms with Crippen molar-refractivity contribution in [1.29, 1.82) is 0 Å². The number of nitrogens with zero attached hydrogens (tertiary/aromatic N) is 1. The maximum absolute atomic E-state index is 5.97. The summed E-state index contributed by atoms with van der Waals surface area (Å²) in [4.78, 5) is 2.20. The average molecular weight is 240 g/mol. The second kappa shape index (κ2) is 5.58. The van der Waals surface area contributed by atoms with E-state index in [1.165, 1.54) is 11.1 Å². The number of nitrogen functional groups attached to an aromatic ring is 1. The predicted molar refractivity (Wildman–Crippen MR) is 79.0 cm³/mol. The molecule has 0 spiro atoms. The van der Waals surface area contributed by atoms with Crippen LogP contribution in [0.2, 0.25) is 0 Å². The van der Waals surface area contributed by atoms with E-state index in [1.54, 1.807) is 0 Å². The van der Waals surface area contributed by atoms with Crippen LogP contribution in [0.4, 0.5) is 11.4 Å². The van der Waals surface area contributed by atoms with E-state index in [9.17, 15) is 0 Å². The van der Waals surface area contributed by atoms with Crippen LogP contribution in [-0.4, -0.2) is 13.6 Å². The van der Waals surface area contributed by atoms with Crippen molar-refractivity contribution in [3.05, 3.63) is 59.7 Å². The first-order valence-electron chi connectivity index (χ1n) is 6.28. The average Bonchev–Trinajstić information content (AvgIpc) is 2.38. The second-order valence-corrected chi connectivity index (χ2v) is 4.72. The zero-order valence-corrected chi connectivity index (χ0v) is 11.1. The molecule has 0 radical (unpaired) electrons. The molecule has 0 fully saturated rings. The Balaban J connectivity index is 1.98. The minimum Gasteiger partial charge on any atom is -0.397 e. The molecule has 2 aromatic rings. The normalized spacial score (nSPS) is 10.3. The van der Waals surface area contributed by atoms with Crippen LogP contribution < -0.4 is 10.6 Å². The van der Waals surface area contributed by atoms with Crippen molar-refractivity contribution in [2.24, 2.45) is 0 Å². The molecule has 0 saturated carbocycles. The lowest BCUT2D eigenvalue weighted by molar-refractivity contribution is 0.877. The smallest absolute Gasteiger partial charge is 0.0597 e. The Morgan fingerprint density at radius 3 is 2.33 bits per heavy atom. The number of nitrogens with two attached hydrogens (primary N) is 1. The largest absolute Gasteiger partial charge is 0.397 e. The molecule has 0 heterocycles. The van der Waals surface area contributed by atoms with Gasteiger partial charge in [0.15, 0.2) is 0 Å². The van der Waals surface area contributed by atoms with E-state index in [-0.39, 0.29) is 0 Å². The molecular weight excluding hydrogens is 220 g/mol. The van der Waals surface area contributed by atoms with Crippen molar-refractivity contribution in [2.45, 2.75) is 13.3 Å². The number of anilines is 2. The third kappa shape index (κ3) is 3.04. The van der Waals surface area contributed by atoms with E-state index in [0.29, 0.717) is 0 Å². The van der Waals surface area contributed by atoms with Crippen LogP contribution in [0.25, 0.3) is 0 Å². The summed E-state index contributed by atoms with van der Waals surface area (Å²) in [6, 6.07) is 16.7. The van der Waals surface area contributed by atoms with Crippen molar-refractivity contribution in [1.82, 2.24) is 0 Å². The van der Waals surface area contributed by atoms with Gasteiger partial charge in [0.2, 0.25) is 0 Å². The summed E-state index contributed by atoms with van der Waals surface area (Å²) in [5.41, 5.74) is 10.6. The Kier molecular flexibility index (Phi) is 3.88. The Labute approximate surface area is 109 Å². The highest BCUT2D eigenvalue weighted by atomic mass is 15.1. The molecule has 2 aromatic carbocycles. The number of hydrogen-bond acceptors (Lipinski definition) is 2. The lowest BCUT2D eigenvalue weighted by Gasteiger charge is -2.21. The minimum absolute atomic E-state index is 0.837. The highest BCUT2D eigenvalue weighted by Crippen LogP contribution is 2.21. The number of rotatable bonds is 4. The fourth-order valence-electron chi connectivity index (χ4n) is 2.01. The molecule has 0 unspecified atom stereocenters. The Morgan fingerprint density at radius 2 is 1.67 bits per heavy atom. The summed E-state index contributed by atoms with van der Waals surface area (Å²) in [5, 5.41) is 0. The van der Waals surface area contributed by atoms with Crippen LogP contribution in [0.15, 0.2) is 48.5 Å². The summed E-state index contributed by atoms with van der Waals surface area (Å²) in [6.07, 6.45) is 1.03. The van der Waals surface area contributed by atoms with Crippen molar-refractivity contribution in [2.75, 3.05) is 24.2 Å². The zero-order valence-electron chi connectivity index (χ0n) is 11.1. The summed E-state index contributed by atoms with van der Waals surface area (Å²) in [5.74, 6) is 0. The molecule has 0 aromatic heterocycles. The molecule has 0 amide bonds. The molecule has 0 saturated heterocycles. The fourth-order valence-corrected chi connectivity index (χ4v) is 2.01. The maximum Gasteiger partial charge on any atom is 0.0597 e. The van der Waals surface area contributed by atoms with Crippen LogP contribution >= 0.6 is 0 Å². The van der Waals surface area contributed by atoms with Gasteiger partial charge in [0.05, 0.1) is 11.4 Å². The molecule has 2 heteroatoms. The van der Waals surface area contributed by atoms with E-state index >= 15 is 0 Å². The standard InChI is InChI=1S/C16H20N2/c1-13-7-9-14(10-8-13)11-12-18(2)16-6-4-3-5-15(16)17/h3-10H,11-12,17H2,1-2H3. The Morgan fingerprint density at radius 1 is 1.00 bits per heavy atom. The lowest BCUT2D eigenvalue weighted by Crippen LogP contribution is -2.21. The SMILES string of the molecule is Cc1ccc(CCN(C)c2ccccc2N)cc1. The first-order valence-corrected chi connectivity index (χ1v) is 6.28. The topological polar surface area (TPSA) is 29.3 Å². The first kappa shape index (κ1) is 12.5. The molecule has 0 atom stereocenters. The Bertz CT molecular complexity index is 503. The highest BCUT2D eigenvalue weighted by molar-refractivity contribution is 5.66. The van der Waals surface area contributed by atoms with Crippen LogP contribution in [0.1, 0.15) is 11.1 Å². The zero-order chi connectivity index (χ0) is 13.0. The van der Waals surface area contributed by atoms with Crippen LogP contribution in [0, 0.1) is 6.92 Å². The number of benzene rings is 2. The van der Waals surface area contributed by atoms with Gasteiger partial charge in [-0.05, 0) is 31.0 Å². The third-order valence-electron chi connectivity index (χ3n) is 3.20. The summed E-state index contributed by atoms with van der Waals surface area (Å²) < 4.78 is 0. The van der Waals surface area contributed by atoms with Crippen molar-refractivity contribution < 1.29 is 0 Å². The van der Waals surface area contributed by atoms with Gasteiger partial charge in [-0.15, -0.1) is 0 Å². The van der Waals surface area contributed by atoms with Gasteiger partial charge >= 0.3 is 0 Å². The summed E-state index contributed by atoms with van der Waals surface area (Å²) >= 11 is 0. The molecule has 0 aliphatic rings. The van der Waals surface area contributed by atoms with Gasteiger partial charge in [0, 0.05) is 13.6 Å². The maximum atomic E-state index is 5.97. The molecule has 2 nitrogen and oxygen atoms in total. The minimum atomic E-state index is 0.837. The van der Waals surface area contributed by atoms with Gasteiger partial charge < -0.3 is 10.6 Å². The lowest BCUT2D eigenvalue weighted by atomic mass is 10.1. The van der Waals surface area contributed by atoms with Gasteiger partial charge in [-0.2, -0.15) is 0 Å². The van der Waals surface area contributed by atoms with Gasteiger partial charge in [-0.1, -0.05) is 42.0 Å². The van der Waals surface area contributed by atoms with Crippen molar-refractivity contribution in [3.8, 4) is 0 Å². The molecule has 0 aliphatic heterocycles. The molecule has 0 bridgehead atoms. The third-order valence-corrected chi connectivity index (χ3v) is 3.20.